The quantitative estimate of drug-likeness (QED) is 0.527. The van der Waals surface area contributed by atoms with Crippen molar-refractivity contribution in [3.05, 3.63) is 58.7 Å². The van der Waals surface area contributed by atoms with Gasteiger partial charge in [0.1, 0.15) is 17.2 Å². The number of aryl methyl sites for hydroxylation is 2. The Morgan fingerprint density at radius 1 is 1.04 bits per heavy atom. The van der Waals surface area contributed by atoms with Crippen molar-refractivity contribution >= 4 is 17.8 Å². The van der Waals surface area contributed by atoms with E-state index in [1.54, 1.807) is 32.1 Å². The maximum absolute atomic E-state index is 12.3. The largest absolute Gasteiger partial charge is 0.507 e. The van der Waals surface area contributed by atoms with Gasteiger partial charge in [0.25, 0.3) is 0 Å². The highest BCUT2D eigenvalue weighted by molar-refractivity contribution is 6.08. The number of phenols is 2. The van der Waals surface area contributed by atoms with Gasteiger partial charge in [-0.15, -0.1) is 0 Å². The average molecular weight is 370 g/mol. The van der Waals surface area contributed by atoms with Crippen LogP contribution in [0.1, 0.15) is 40.9 Å². The molecule has 2 rings (SSSR count). The van der Waals surface area contributed by atoms with Crippen LogP contribution in [0.3, 0.4) is 0 Å². The van der Waals surface area contributed by atoms with Crippen molar-refractivity contribution in [2.45, 2.75) is 33.3 Å². The maximum atomic E-state index is 12.3. The Morgan fingerprint density at radius 3 is 2.15 bits per heavy atom. The molecule has 0 amide bonds. The fourth-order valence-corrected chi connectivity index (χ4v) is 2.47. The van der Waals surface area contributed by atoms with Gasteiger partial charge in [-0.3, -0.25) is 4.79 Å². The van der Waals surface area contributed by atoms with Crippen LogP contribution >= 0.6 is 0 Å². The maximum Gasteiger partial charge on any atom is 0.347 e. The highest BCUT2D eigenvalue weighted by Crippen LogP contribution is 2.28. The number of carbonyl (C=O) groups is 2. The van der Waals surface area contributed by atoms with Crippen molar-refractivity contribution in [3.8, 4) is 17.2 Å². The van der Waals surface area contributed by atoms with Gasteiger partial charge in [-0.25, -0.2) is 4.79 Å². The Labute approximate surface area is 157 Å². The molecule has 0 aliphatic rings. The topological polar surface area (TPSA) is 104 Å². The molecule has 0 radical (unpaired) electrons. The summed E-state index contributed by atoms with van der Waals surface area (Å²) in [6.45, 7) is 6.31. The van der Waals surface area contributed by atoms with Crippen molar-refractivity contribution < 1.29 is 29.6 Å². The number of hydrogen-bond acceptors (Lipinski definition) is 5. The number of aliphatic carboxylic acids is 1. The lowest BCUT2D eigenvalue weighted by molar-refractivity contribution is -0.152. The second kappa shape index (κ2) is 7.53. The Morgan fingerprint density at radius 2 is 1.63 bits per heavy atom. The second-order valence-corrected chi connectivity index (χ2v) is 6.80. The van der Waals surface area contributed by atoms with Crippen LogP contribution in [-0.2, 0) is 4.79 Å². The lowest BCUT2D eigenvalue weighted by Gasteiger charge is -2.21. The van der Waals surface area contributed by atoms with Crippen LogP contribution in [-0.4, -0.2) is 32.7 Å². The number of hydrogen-bond donors (Lipinski definition) is 3. The molecule has 0 atom stereocenters. The van der Waals surface area contributed by atoms with Crippen molar-refractivity contribution in [3.63, 3.8) is 0 Å². The average Bonchev–Trinajstić information content (AvgIpc) is 2.57. The van der Waals surface area contributed by atoms with E-state index in [1.165, 1.54) is 38.1 Å². The molecular formula is C21H22O6. The van der Waals surface area contributed by atoms with E-state index in [4.69, 9.17) is 9.84 Å². The number of allylic oxidation sites excluding steroid dienone is 1. The van der Waals surface area contributed by atoms with Gasteiger partial charge < -0.3 is 20.1 Å². The molecule has 2 aromatic carbocycles. The van der Waals surface area contributed by atoms with E-state index in [0.29, 0.717) is 11.1 Å². The van der Waals surface area contributed by atoms with E-state index in [9.17, 15) is 19.8 Å². The zero-order valence-electron chi connectivity index (χ0n) is 15.6. The number of ketones is 1. The Balaban J connectivity index is 2.21. The van der Waals surface area contributed by atoms with Gasteiger partial charge in [0.2, 0.25) is 0 Å². The SMILES string of the molecule is Cc1cc(/C=C/C(=O)c2ccc(OC(C)(C)C(=O)O)cc2O)cc(C)c1O. The minimum absolute atomic E-state index is 0.0685. The van der Waals surface area contributed by atoms with Gasteiger partial charge >= 0.3 is 5.97 Å². The normalized spacial score (nSPS) is 11.6. The zero-order valence-corrected chi connectivity index (χ0v) is 15.6. The molecule has 0 saturated heterocycles. The number of phenolic OH excluding ortho intramolecular Hbond substituents is 2. The molecule has 27 heavy (non-hydrogen) atoms. The van der Waals surface area contributed by atoms with Crippen LogP contribution in [0.5, 0.6) is 17.2 Å². The van der Waals surface area contributed by atoms with Gasteiger partial charge in [0.15, 0.2) is 11.4 Å². The van der Waals surface area contributed by atoms with Crippen molar-refractivity contribution in [1.82, 2.24) is 0 Å². The summed E-state index contributed by atoms with van der Waals surface area (Å²) in [5.74, 6) is -1.51. The summed E-state index contributed by atoms with van der Waals surface area (Å²) in [7, 11) is 0. The van der Waals surface area contributed by atoms with Crippen LogP contribution < -0.4 is 4.74 Å². The van der Waals surface area contributed by atoms with Gasteiger partial charge in [-0.2, -0.15) is 0 Å². The number of carboxylic acids is 1. The summed E-state index contributed by atoms with van der Waals surface area (Å²) in [4.78, 5) is 23.5. The van der Waals surface area contributed by atoms with E-state index in [1.807, 2.05) is 0 Å². The summed E-state index contributed by atoms with van der Waals surface area (Å²) in [6, 6.07) is 7.51. The third kappa shape index (κ3) is 4.67. The van der Waals surface area contributed by atoms with Crippen LogP contribution in [0, 0.1) is 13.8 Å². The smallest absolute Gasteiger partial charge is 0.347 e. The molecule has 0 bridgehead atoms. The van der Waals surface area contributed by atoms with Crippen LogP contribution in [0.25, 0.3) is 6.08 Å². The molecule has 0 aliphatic heterocycles. The van der Waals surface area contributed by atoms with Gasteiger partial charge in [0.05, 0.1) is 5.56 Å². The third-order valence-corrected chi connectivity index (χ3v) is 4.06. The monoisotopic (exact) mass is 370 g/mol. The summed E-state index contributed by atoms with van der Waals surface area (Å²) in [6.07, 6.45) is 2.92. The fourth-order valence-electron chi connectivity index (χ4n) is 2.47. The first-order valence-electron chi connectivity index (χ1n) is 8.29. The number of benzene rings is 2. The summed E-state index contributed by atoms with van der Waals surface area (Å²) < 4.78 is 5.33. The molecule has 0 unspecified atom stereocenters. The number of aromatic hydroxyl groups is 2. The van der Waals surface area contributed by atoms with Crippen LogP contribution in [0.4, 0.5) is 0 Å². The van der Waals surface area contributed by atoms with Crippen molar-refractivity contribution in [2.75, 3.05) is 0 Å². The van der Waals surface area contributed by atoms with E-state index in [-0.39, 0.29) is 22.8 Å². The molecule has 142 valence electrons. The number of ether oxygens (including phenoxy) is 1. The number of rotatable bonds is 6. The third-order valence-electron chi connectivity index (χ3n) is 4.06. The highest BCUT2D eigenvalue weighted by Gasteiger charge is 2.29. The molecule has 2 aromatic rings. The molecule has 0 aliphatic carbocycles. The van der Waals surface area contributed by atoms with Gasteiger partial charge in [-0.1, -0.05) is 6.08 Å². The lowest BCUT2D eigenvalue weighted by Crippen LogP contribution is -2.37. The van der Waals surface area contributed by atoms with E-state index in [0.717, 1.165) is 5.56 Å². The minimum Gasteiger partial charge on any atom is -0.507 e. The molecular weight excluding hydrogens is 348 g/mol. The molecule has 0 saturated carbocycles. The second-order valence-electron chi connectivity index (χ2n) is 6.80. The fraction of sp³-hybridized carbons (Fsp3) is 0.238. The Kier molecular flexibility index (Phi) is 5.59. The molecule has 0 aromatic heterocycles. The number of carbonyl (C=O) groups excluding carboxylic acids is 1. The van der Waals surface area contributed by atoms with Crippen molar-refractivity contribution in [1.29, 1.82) is 0 Å². The first-order valence-corrected chi connectivity index (χ1v) is 8.29. The standard InChI is InChI=1S/C21H22O6/c1-12-9-14(10-13(2)19(12)24)5-8-17(22)16-7-6-15(11-18(16)23)27-21(3,4)20(25)26/h5-11,23-24H,1-4H3,(H,25,26)/b8-5+. The summed E-state index contributed by atoms with van der Waals surface area (Å²) in [5, 5.41) is 29.0. The predicted molar refractivity (Wildman–Crippen MR) is 101 cm³/mol. The summed E-state index contributed by atoms with van der Waals surface area (Å²) in [5.41, 5.74) is 0.754. The zero-order chi connectivity index (χ0) is 20.4. The van der Waals surface area contributed by atoms with Crippen LogP contribution in [0.15, 0.2) is 36.4 Å². The minimum atomic E-state index is -1.47. The number of carboxylic acid groups (broad SMARTS) is 1. The molecule has 3 N–H and O–H groups in total. The predicted octanol–water partition coefficient (Wildman–Crippen LogP) is 3.85. The summed E-state index contributed by atoms with van der Waals surface area (Å²) >= 11 is 0. The molecule has 6 nitrogen and oxygen atoms in total. The van der Waals surface area contributed by atoms with Gasteiger partial charge in [-0.05, 0) is 74.7 Å². The van der Waals surface area contributed by atoms with Crippen LogP contribution in [0.2, 0.25) is 0 Å². The molecule has 0 heterocycles. The van der Waals surface area contributed by atoms with Crippen molar-refractivity contribution in [2.24, 2.45) is 0 Å². The molecule has 0 spiro atoms. The highest BCUT2D eigenvalue weighted by atomic mass is 16.5. The lowest BCUT2D eigenvalue weighted by atomic mass is 10.0. The van der Waals surface area contributed by atoms with E-state index < -0.39 is 17.4 Å². The first-order chi connectivity index (χ1) is 12.5. The first kappa shape index (κ1) is 20.0. The van der Waals surface area contributed by atoms with Gasteiger partial charge in [0, 0.05) is 6.07 Å². The molecule has 0 fully saturated rings. The Hall–Kier alpha value is -3.28. The van der Waals surface area contributed by atoms with E-state index in [2.05, 4.69) is 0 Å². The Bertz CT molecular complexity index is 901. The molecule has 6 heteroatoms. The van der Waals surface area contributed by atoms with E-state index >= 15 is 0 Å².